The van der Waals surface area contributed by atoms with Gasteiger partial charge in [-0.15, -0.1) is 0 Å². The van der Waals surface area contributed by atoms with Crippen LogP contribution >= 0.6 is 28.1 Å². The molecule has 110 valence electrons. The normalized spacial score (nSPS) is 11.2. The van der Waals surface area contributed by atoms with Crippen LogP contribution < -0.4 is 10.6 Å². The van der Waals surface area contributed by atoms with Gasteiger partial charge in [-0.25, -0.2) is 9.97 Å². The van der Waals surface area contributed by atoms with Crippen molar-refractivity contribution in [3.63, 3.8) is 0 Å². The first-order valence-corrected chi connectivity index (χ1v) is 6.73. The van der Waals surface area contributed by atoms with Crippen molar-refractivity contribution in [2.45, 2.75) is 6.18 Å². The number of thiocarbonyl (C=S) groups is 1. The minimum Gasteiger partial charge on any atom is -0.376 e. The molecular formula is C12H8BrF3N4S. The molecule has 0 saturated carbocycles. The summed E-state index contributed by atoms with van der Waals surface area (Å²) in [7, 11) is 0. The number of anilines is 2. The van der Waals surface area contributed by atoms with E-state index in [1.54, 1.807) is 24.3 Å². The Morgan fingerprint density at radius 1 is 1.19 bits per heavy atom. The molecule has 0 spiro atoms. The van der Waals surface area contributed by atoms with Crippen LogP contribution in [-0.2, 0) is 6.18 Å². The molecule has 0 aliphatic carbocycles. The fourth-order valence-electron chi connectivity index (χ4n) is 1.59. The molecule has 0 saturated heterocycles. The maximum Gasteiger partial charge on any atom is 0.433 e. The predicted molar refractivity (Wildman–Crippen MR) is 80.1 cm³/mol. The lowest BCUT2D eigenvalue weighted by Gasteiger charge is -2.22. The molecule has 0 radical (unpaired) electrons. The highest BCUT2D eigenvalue weighted by atomic mass is 79.9. The molecule has 0 aliphatic heterocycles. The molecule has 1 aromatic carbocycles. The van der Waals surface area contributed by atoms with Gasteiger partial charge >= 0.3 is 6.18 Å². The van der Waals surface area contributed by atoms with Crippen molar-refractivity contribution in [3.8, 4) is 0 Å². The fraction of sp³-hybridized carbons (Fsp3) is 0.0833. The summed E-state index contributed by atoms with van der Waals surface area (Å²) in [5, 5.41) is -0.121. The van der Waals surface area contributed by atoms with Gasteiger partial charge in [0.1, 0.15) is 17.8 Å². The van der Waals surface area contributed by atoms with Crippen molar-refractivity contribution < 1.29 is 13.2 Å². The first kappa shape index (κ1) is 15.6. The number of alkyl halides is 3. The first-order valence-electron chi connectivity index (χ1n) is 5.53. The van der Waals surface area contributed by atoms with Gasteiger partial charge in [-0.05, 0) is 36.5 Å². The minimum absolute atomic E-state index is 0.0489. The fourth-order valence-corrected chi connectivity index (χ4v) is 2.05. The number of halogens is 4. The monoisotopic (exact) mass is 376 g/mol. The van der Waals surface area contributed by atoms with E-state index in [2.05, 4.69) is 25.9 Å². The third kappa shape index (κ3) is 3.67. The smallest absolute Gasteiger partial charge is 0.376 e. The van der Waals surface area contributed by atoms with Crippen LogP contribution in [-0.4, -0.2) is 15.1 Å². The molecular weight excluding hydrogens is 369 g/mol. The van der Waals surface area contributed by atoms with Crippen LogP contribution in [0.2, 0.25) is 0 Å². The summed E-state index contributed by atoms with van der Waals surface area (Å²) in [4.78, 5) is 8.25. The molecule has 2 rings (SSSR count). The quantitative estimate of drug-likeness (QED) is 0.810. The van der Waals surface area contributed by atoms with E-state index in [4.69, 9.17) is 18.0 Å². The number of hydrogen-bond donors (Lipinski definition) is 1. The minimum atomic E-state index is -4.57. The average Bonchev–Trinajstić information content (AvgIpc) is 2.40. The summed E-state index contributed by atoms with van der Waals surface area (Å²) in [6.07, 6.45) is -3.75. The van der Waals surface area contributed by atoms with Crippen LogP contribution in [0.4, 0.5) is 24.7 Å². The van der Waals surface area contributed by atoms with Gasteiger partial charge < -0.3 is 5.73 Å². The highest BCUT2D eigenvalue weighted by Crippen LogP contribution is 2.31. The summed E-state index contributed by atoms with van der Waals surface area (Å²) in [6, 6.07) is 7.53. The molecule has 0 fully saturated rings. The van der Waals surface area contributed by atoms with Crippen molar-refractivity contribution in [3.05, 3.63) is 46.8 Å². The van der Waals surface area contributed by atoms with E-state index < -0.39 is 11.9 Å². The molecule has 2 N–H and O–H groups in total. The van der Waals surface area contributed by atoms with Crippen molar-refractivity contribution in [1.82, 2.24) is 9.97 Å². The maximum absolute atomic E-state index is 12.7. The van der Waals surface area contributed by atoms with Crippen LogP contribution in [0.15, 0.2) is 41.1 Å². The molecule has 21 heavy (non-hydrogen) atoms. The Hall–Kier alpha value is -1.74. The number of nitrogens with two attached hydrogens (primary N) is 1. The van der Waals surface area contributed by atoms with Crippen molar-refractivity contribution in [2.24, 2.45) is 5.73 Å². The summed E-state index contributed by atoms with van der Waals surface area (Å²) in [5.74, 6) is -0.0489. The zero-order valence-electron chi connectivity index (χ0n) is 10.3. The van der Waals surface area contributed by atoms with E-state index in [-0.39, 0.29) is 10.9 Å². The first-order chi connectivity index (χ1) is 9.79. The van der Waals surface area contributed by atoms with E-state index in [0.717, 1.165) is 16.9 Å². The van der Waals surface area contributed by atoms with Crippen LogP contribution in [0, 0.1) is 0 Å². The van der Waals surface area contributed by atoms with E-state index >= 15 is 0 Å². The van der Waals surface area contributed by atoms with E-state index in [1.165, 1.54) is 4.90 Å². The SMILES string of the molecule is NC(=S)N(c1ccc(Br)cc1)c1cc(C(F)(F)F)ncn1. The average molecular weight is 377 g/mol. The number of rotatable bonds is 2. The van der Waals surface area contributed by atoms with Gasteiger partial charge in [0.15, 0.2) is 5.11 Å². The molecule has 0 amide bonds. The number of aromatic nitrogens is 2. The largest absolute Gasteiger partial charge is 0.433 e. The second-order valence-corrected chi connectivity index (χ2v) is 5.24. The Balaban J connectivity index is 2.49. The van der Waals surface area contributed by atoms with Crippen molar-refractivity contribution >= 4 is 44.8 Å². The second-order valence-electron chi connectivity index (χ2n) is 3.91. The molecule has 1 aromatic heterocycles. The van der Waals surface area contributed by atoms with Crippen LogP contribution in [0.1, 0.15) is 5.69 Å². The van der Waals surface area contributed by atoms with Gasteiger partial charge in [-0.1, -0.05) is 15.9 Å². The van der Waals surface area contributed by atoms with E-state index in [0.29, 0.717) is 5.69 Å². The standard InChI is InChI=1S/C12H8BrF3N4S/c13-7-1-3-8(4-2-7)20(11(17)21)10-5-9(12(14,15)16)18-6-19-10/h1-6H,(H2,17,21). The Labute approximate surface area is 131 Å². The van der Waals surface area contributed by atoms with Gasteiger partial charge in [0.05, 0.1) is 0 Å². The lowest BCUT2D eigenvalue weighted by Crippen LogP contribution is -2.32. The molecule has 2 aromatic rings. The van der Waals surface area contributed by atoms with Gasteiger partial charge in [0.2, 0.25) is 0 Å². The zero-order chi connectivity index (χ0) is 15.6. The van der Waals surface area contributed by atoms with Gasteiger partial charge in [0.25, 0.3) is 0 Å². The molecule has 1 heterocycles. The number of hydrogen-bond acceptors (Lipinski definition) is 3. The Morgan fingerprint density at radius 3 is 2.33 bits per heavy atom. The van der Waals surface area contributed by atoms with E-state index in [1.807, 2.05) is 0 Å². The maximum atomic E-state index is 12.7. The van der Waals surface area contributed by atoms with E-state index in [9.17, 15) is 13.2 Å². The summed E-state index contributed by atoms with van der Waals surface area (Å²) < 4.78 is 38.9. The third-order valence-corrected chi connectivity index (χ3v) is 3.19. The molecule has 0 unspecified atom stereocenters. The lowest BCUT2D eigenvalue weighted by atomic mass is 10.3. The van der Waals surface area contributed by atoms with Crippen molar-refractivity contribution in [1.29, 1.82) is 0 Å². The molecule has 9 heteroatoms. The zero-order valence-corrected chi connectivity index (χ0v) is 12.7. The summed E-state index contributed by atoms with van der Waals surface area (Å²) in [5.41, 5.74) is 5.04. The molecule has 0 aliphatic rings. The summed E-state index contributed by atoms with van der Waals surface area (Å²) in [6.45, 7) is 0. The van der Waals surface area contributed by atoms with Gasteiger partial charge in [-0.3, -0.25) is 4.90 Å². The Morgan fingerprint density at radius 2 is 1.81 bits per heavy atom. The molecule has 4 nitrogen and oxygen atoms in total. The number of benzene rings is 1. The lowest BCUT2D eigenvalue weighted by molar-refractivity contribution is -0.141. The second kappa shape index (κ2) is 5.94. The Kier molecular flexibility index (Phi) is 4.43. The Bertz CT molecular complexity index is 660. The topological polar surface area (TPSA) is 55.0 Å². The van der Waals surface area contributed by atoms with Crippen LogP contribution in [0.3, 0.4) is 0 Å². The summed E-state index contributed by atoms with van der Waals surface area (Å²) >= 11 is 8.17. The number of nitrogens with zero attached hydrogens (tertiary/aromatic N) is 3. The van der Waals surface area contributed by atoms with Gasteiger partial charge in [0, 0.05) is 16.2 Å². The van der Waals surface area contributed by atoms with Gasteiger partial charge in [-0.2, -0.15) is 13.2 Å². The molecule has 0 atom stereocenters. The van der Waals surface area contributed by atoms with Crippen molar-refractivity contribution in [2.75, 3.05) is 4.90 Å². The molecule has 0 bridgehead atoms. The predicted octanol–water partition coefficient (Wildman–Crippen LogP) is 3.64. The van der Waals surface area contributed by atoms with Crippen LogP contribution in [0.5, 0.6) is 0 Å². The van der Waals surface area contributed by atoms with Crippen LogP contribution in [0.25, 0.3) is 0 Å². The highest BCUT2D eigenvalue weighted by Gasteiger charge is 2.33. The highest BCUT2D eigenvalue weighted by molar-refractivity contribution is 9.10. The third-order valence-electron chi connectivity index (χ3n) is 2.48.